The second-order valence-electron chi connectivity index (χ2n) is 9.60. The van der Waals surface area contributed by atoms with Gasteiger partial charge in [-0.25, -0.2) is 9.78 Å². The highest BCUT2D eigenvalue weighted by molar-refractivity contribution is 6.30. The largest absolute Gasteiger partial charge is 0.395 e. The molecule has 2 amide bonds. The van der Waals surface area contributed by atoms with E-state index in [9.17, 15) is 9.90 Å². The van der Waals surface area contributed by atoms with Gasteiger partial charge in [0, 0.05) is 29.5 Å². The number of hydrogen-bond acceptors (Lipinski definition) is 4. The fourth-order valence-corrected chi connectivity index (χ4v) is 5.17. The molecule has 0 aliphatic carbocycles. The summed E-state index contributed by atoms with van der Waals surface area (Å²) in [5, 5.41) is 16.1. The van der Waals surface area contributed by atoms with Crippen LogP contribution in [0.5, 0.6) is 0 Å². The van der Waals surface area contributed by atoms with Crippen molar-refractivity contribution in [2.75, 3.05) is 23.8 Å². The number of carbonyl (C=O) groups is 1. The maximum atomic E-state index is 12.8. The SMILES string of the molecule is CCc1nc2c(C)cc(-c3ccc(CN4CCC[C@H]4CO)cc3)cn2c1NC(=O)Nc1ccc(Cl)cc1. The van der Waals surface area contributed by atoms with Crippen molar-refractivity contribution in [1.82, 2.24) is 14.3 Å². The number of nitrogens with zero attached hydrogens (tertiary/aromatic N) is 3. The van der Waals surface area contributed by atoms with Gasteiger partial charge in [0.1, 0.15) is 11.5 Å². The topological polar surface area (TPSA) is 81.9 Å². The molecular formula is C29H32ClN5O2. The highest BCUT2D eigenvalue weighted by Gasteiger charge is 2.23. The van der Waals surface area contributed by atoms with Crippen molar-refractivity contribution >= 4 is 34.8 Å². The molecule has 1 fully saturated rings. The highest BCUT2D eigenvalue weighted by Crippen LogP contribution is 2.28. The molecule has 2 aromatic heterocycles. The Kier molecular flexibility index (Phi) is 7.46. The van der Waals surface area contributed by atoms with Gasteiger partial charge in [-0.15, -0.1) is 0 Å². The molecule has 3 N–H and O–H groups in total. The fraction of sp³-hybridized carbons (Fsp3) is 0.310. The van der Waals surface area contributed by atoms with E-state index < -0.39 is 0 Å². The van der Waals surface area contributed by atoms with Crippen molar-refractivity contribution in [2.24, 2.45) is 0 Å². The molecule has 7 nitrogen and oxygen atoms in total. The average Bonchev–Trinajstić information content (AvgIpc) is 3.50. The number of aromatic nitrogens is 2. The first-order valence-corrected chi connectivity index (χ1v) is 13.1. The normalized spacial score (nSPS) is 15.8. The van der Waals surface area contributed by atoms with Crippen molar-refractivity contribution in [2.45, 2.75) is 45.7 Å². The summed E-state index contributed by atoms with van der Waals surface area (Å²) in [5.41, 5.74) is 6.72. The second-order valence-corrected chi connectivity index (χ2v) is 10.0. The Labute approximate surface area is 222 Å². The van der Waals surface area contributed by atoms with E-state index in [0.717, 1.165) is 54.0 Å². The van der Waals surface area contributed by atoms with Gasteiger partial charge in [-0.3, -0.25) is 14.6 Å². The molecule has 3 heterocycles. The van der Waals surface area contributed by atoms with Gasteiger partial charge in [0.05, 0.1) is 12.3 Å². The molecule has 1 saturated heterocycles. The van der Waals surface area contributed by atoms with Crippen molar-refractivity contribution in [3.8, 4) is 11.1 Å². The number of amides is 2. The minimum Gasteiger partial charge on any atom is -0.395 e. The average molecular weight is 518 g/mol. The number of pyridine rings is 1. The molecule has 0 radical (unpaired) electrons. The third-order valence-electron chi connectivity index (χ3n) is 7.03. The number of benzene rings is 2. The number of fused-ring (bicyclic) bond motifs is 1. The summed E-state index contributed by atoms with van der Waals surface area (Å²) in [5.74, 6) is 0.662. The number of anilines is 2. The molecule has 0 unspecified atom stereocenters. The van der Waals surface area contributed by atoms with Crippen LogP contribution in [0.4, 0.5) is 16.3 Å². The summed E-state index contributed by atoms with van der Waals surface area (Å²) in [6, 6.07) is 17.6. The Morgan fingerprint density at radius 1 is 1.11 bits per heavy atom. The quantitative estimate of drug-likeness (QED) is 0.275. The number of aliphatic hydroxyl groups is 1. The van der Waals surface area contributed by atoms with E-state index in [1.165, 1.54) is 5.56 Å². The van der Waals surface area contributed by atoms with Crippen LogP contribution in [0.3, 0.4) is 0 Å². The lowest BCUT2D eigenvalue weighted by molar-refractivity contribution is 0.153. The molecule has 5 rings (SSSR count). The van der Waals surface area contributed by atoms with Crippen molar-refractivity contribution in [1.29, 1.82) is 0 Å². The van der Waals surface area contributed by atoms with Gasteiger partial charge in [-0.1, -0.05) is 42.8 Å². The second kappa shape index (κ2) is 10.9. The van der Waals surface area contributed by atoms with E-state index in [2.05, 4.69) is 45.9 Å². The van der Waals surface area contributed by atoms with Crippen LogP contribution in [-0.4, -0.2) is 44.6 Å². The molecule has 1 aliphatic heterocycles. The first-order chi connectivity index (χ1) is 17.9. The number of urea groups is 1. The molecule has 8 heteroatoms. The summed E-state index contributed by atoms with van der Waals surface area (Å²) in [6.45, 7) is 6.17. The number of hydrogen-bond donors (Lipinski definition) is 3. The number of carbonyl (C=O) groups excluding carboxylic acids is 1. The van der Waals surface area contributed by atoms with Gasteiger partial charge in [0.15, 0.2) is 0 Å². The molecule has 1 atom stereocenters. The van der Waals surface area contributed by atoms with Gasteiger partial charge >= 0.3 is 6.03 Å². The zero-order valence-corrected chi connectivity index (χ0v) is 21.9. The minimum absolute atomic E-state index is 0.218. The number of imidazole rings is 1. The van der Waals surface area contributed by atoms with Crippen molar-refractivity contribution < 1.29 is 9.90 Å². The van der Waals surface area contributed by atoms with Crippen LogP contribution < -0.4 is 10.6 Å². The van der Waals surface area contributed by atoms with Crippen molar-refractivity contribution in [3.63, 3.8) is 0 Å². The maximum Gasteiger partial charge on any atom is 0.324 e. The third kappa shape index (κ3) is 5.49. The lowest BCUT2D eigenvalue weighted by atomic mass is 10.0. The van der Waals surface area contributed by atoms with E-state index in [1.807, 2.05) is 24.4 Å². The molecule has 0 saturated carbocycles. The van der Waals surface area contributed by atoms with Crippen LogP contribution in [0.2, 0.25) is 5.02 Å². The predicted octanol–water partition coefficient (Wildman–Crippen LogP) is 6.13. The summed E-state index contributed by atoms with van der Waals surface area (Å²) < 4.78 is 1.97. The van der Waals surface area contributed by atoms with Gasteiger partial charge in [0.25, 0.3) is 0 Å². The molecule has 192 valence electrons. The van der Waals surface area contributed by atoms with Crippen LogP contribution in [0.25, 0.3) is 16.8 Å². The Balaban J connectivity index is 1.40. The predicted molar refractivity (Wildman–Crippen MR) is 149 cm³/mol. The van der Waals surface area contributed by atoms with Gasteiger partial charge < -0.3 is 10.4 Å². The summed E-state index contributed by atoms with van der Waals surface area (Å²) in [4.78, 5) is 20.0. The maximum absolute atomic E-state index is 12.8. The molecule has 2 aromatic carbocycles. The third-order valence-corrected chi connectivity index (χ3v) is 7.28. The van der Waals surface area contributed by atoms with Gasteiger partial charge in [-0.2, -0.15) is 0 Å². The monoisotopic (exact) mass is 517 g/mol. The molecular weight excluding hydrogens is 486 g/mol. The highest BCUT2D eigenvalue weighted by atomic mass is 35.5. The van der Waals surface area contributed by atoms with Gasteiger partial charge in [0.2, 0.25) is 0 Å². The van der Waals surface area contributed by atoms with Crippen LogP contribution in [0.15, 0.2) is 60.8 Å². The molecule has 0 bridgehead atoms. The zero-order valence-electron chi connectivity index (χ0n) is 21.2. The molecule has 4 aromatic rings. The first kappa shape index (κ1) is 25.3. The molecule has 1 aliphatic rings. The number of aryl methyl sites for hydroxylation is 2. The van der Waals surface area contributed by atoms with E-state index in [1.54, 1.807) is 24.3 Å². The van der Waals surface area contributed by atoms with Crippen LogP contribution in [0, 0.1) is 6.92 Å². The smallest absolute Gasteiger partial charge is 0.324 e. The van der Waals surface area contributed by atoms with Crippen molar-refractivity contribution in [3.05, 3.63) is 82.6 Å². The number of aliphatic hydroxyl groups excluding tert-OH is 1. The fourth-order valence-electron chi connectivity index (χ4n) is 5.04. The van der Waals surface area contributed by atoms with Crippen LogP contribution in [0.1, 0.15) is 36.6 Å². The lowest BCUT2D eigenvalue weighted by Crippen LogP contribution is -2.31. The van der Waals surface area contributed by atoms with Crippen LogP contribution in [-0.2, 0) is 13.0 Å². The minimum atomic E-state index is -0.339. The number of likely N-dealkylation sites (tertiary alicyclic amines) is 1. The zero-order chi connectivity index (χ0) is 25.9. The Morgan fingerprint density at radius 3 is 2.57 bits per heavy atom. The summed E-state index contributed by atoms with van der Waals surface area (Å²) in [6.07, 6.45) is 4.92. The number of rotatable bonds is 7. The summed E-state index contributed by atoms with van der Waals surface area (Å²) >= 11 is 5.96. The number of nitrogens with one attached hydrogen (secondary N) is 2. The Morgan fingerprint density at radius 2 is 1.86 bits per heavy atom. The van der Waals surface area contributed by atoms with Crippen LogP contribution >= 0.6 is 11.6 Å². The molecule has 0 spiro atoms. The lowest BCUT2D eigenvalue weighted by Gasteiger charge is -2.22. The number of halogens is 1. The Hall–Kier alpha value is -3.39. The van der Waals surface area contributed by atoms with E-state index in [0.29, 0.717) is 22.9 Å². The van der Waals surface area contributed by atoms with E-state index in [4.69, 9.17) is 16.6 Å². The Bertz CT molecular complexity index is 1400. The van der Waals surface area contributed by atoms with Gasteiger partial charge in [-0.05, 0) is 85.3 Å². The first-order valence-electron chi connectivity index (χ1n) is 12.7. The van der Waals surface area contributed by atoms with E-state index >= 15 is 0 Å². The molecule has 37 heavy (non-hydrogen) atoms. The van der Waals surface area contributed by atoms with E-state index in [-0.39, 0.29) is 18.7 Å². The summed E-state index contributed by atoms with van der Waals surface area (Å²) in [7, 11) is 0. The standard InChI is InChI=1S/C29H32ClN5O2/c1-3-26-28(33-29(37)31-24-12-10-23(30)11-13-24)35-17-22(15-19(2)27(35)32-26)21-8-6-20(7-9-21)16-34-14-4-5-25(34)18-36/h6-13,15,17,25,36H,3-5,14,16,18H2,1-2H3,(H2,31,33,37)/t25-/m0/s1.